The molecule has 0 amide bonds. The number of hydrogen-bond donors (Lipinski definition) is 1. The molecule has 0 unspecified atom stereocenters. The van der Waals surface area contributed by atoms with Gasteiger partial charge in [0.25, 0.3) is 0 Å². The third-order valence-corrected chi connectivity index (χ3v) is 6.17. The van der Waals surface area contributed by atoms with Crippen LogP contribution in [-0.4, -0.2) is 22.6 Å². The number of aromatic nitrogens is 2. The number of fused-ring (bicyclic) bond motifs is 1. The summed E-state index contributed by atoms with van der Waals surface area (Å²) in [6.45, 7) is 12.2. The number of piperidine rings is 1. The van der Waals surface area contributed by atoms with E-state index in [2.05, 4.69) is 84.9 Å². The van der Waals surface area contributed by atoms with Crippen LogP contribution < -0.4 is 10.2 Å². The number of imidazole rings is 1. The van der Waals surface area contributed by atoms with Crippen molar-refractivity contribution in [1.82, 2.24) is 14.9 Å². The molecule has 1 aliphatic heterocycles. The molecular formula is C25H34N4. The third-order valence-electron chi connectivity index (χ3n) is 6.17. The molecule has 4 rings (SSSR count). The van der Waals surface area contributed by atoms with Gasteiger partial charge < -0.3 is 14.8 Å². The van der Waals surface area contributed by atoms with Gasteiger partial charge in [0.2, 0.25) is 0 Å². The molecule has 1 atom stereocenters. The molecule has 0 aliphatic carbocycles. The van der Waals surface area contributed by atoms with Crippen LogP contribution in [0.25, 0.3) is 11.0 Å². The van der Waals surface area contributed by atoms with Crippen molar-refractivity contribution in [3.05, 3.63) is 59.4 Å². The minimum Gasteiger partial charge on any atom is -0.372 e. The van der Waals surface area contributed by atoms with Crippen LogP contribution in [0.15, 0.2) is 42.5 Å². The molecule has 0 radical (unpaired) electrons. The maximum atomic E-state index is 4.94. The Hall–Kier alpha value is -2.33. The van der Waals surface area contributed by atoms with Gasteiger partial charge in [-0.15, -0.1) is 0 Å². The minimum atomic E-state index is 0.186. The number of hydrogen-bond acceptors (Lipinski definition) is 3. The van der Waals surface area contributed by atoms with Crippen LogP contribution in [0.5, 0.6) is 0 Å². The fourth-order valence-corrected chi connectivity index (χ4v) is 4.49. The number of nitrogens with zero attached hydrogens (tertiary/aromatic N) is 3. The highest BCUT2D eigenvalue weighted by Crippen LogP contribution is 2.26. The first-order valence-corrected chi connectivity index (χ1v) is 11.1. The summed E-state index contributed by atoms with van der Waals surface area (Å²) >= 11 is 0. The van der Waals surface area contributed by atoms with Crippen LogP contribution in [-0.2, 0) is 6.54 Å². The second kappa shape index (κ2) is 8.58. The Morgan fingerprint density at radius 1 is 1.00 bits per heavy atom. The standard InChI is InChI=1S/C25H34N4/c1-18(2)29-24-11-7-6-10-23(24)27-25(29)20(4)26-17-21-12-13-22(16-19(21)3)28-14-8-5-9-15-28/h6-7,10-13,16,18,20,26H,5,8-9,14-15,17H2,1-4H3/t20-/m1/s1. The van der Waals surface area contributed by atoms with E-state index in [0.29, 0.717) is 6.04 Å². The van der Waals surface area contributed by atoms with Gasteiger partial charge in [-0.2, -0.15) is 0 Å². The van der Waals surface area contributed by atoms with Gasteiger partial charge in [-0.3, -0.25) is 0 Å². The van der Waals surface area contributed by atoms with Crippen LogP contribution in [0.3, 0.4) is 0 Å². The quantitative estimate of drug-likeness (QED) is 0.580. The Morgan fingerprint density at radius 2 is 1.76 bits per heavy atom. The Kier molecular flexibility index (Phi) is 5.91. The molecule has 1 N–H and O–H groups in total. The highest BCUT2D eigenvalue weighted by molar-refractivity contribution is 5.76. The van der Waals surface area contributed by atoms with Crippen molar-refractivity contribution in [1.29, 1.82) is 0 Å². The third kappa shape index (κ3) is 4.18. The minimum absolute atomic E-state index is 0.186. The zero-order valence-electron chi connectivity index (χ0n) is 18.3. The summed E-state index contributed by atoms with van der Waals surface area (Å²) in [5.74, 6) is 1.11. The van der Waals surface area contributed by atoms with E-state index in [1.807, 2.05) is 0 Å². The average Bonchev–Trinajstić information content (AvgIpc) is 3.13. The lowest BCUT2D eigenvalue weighted by Crippen LogP contribution is -2.29. The number of nitrogens with one attached hydrogen (secondary N) is 1. The van der Waals surface area contributed by atoms with E-state index in [4.69, 9.17) is 4.98 Å². The Balaban J connectivity index is 1.49. The number of para-hydroxylation sites is 2. The Bertz CT molecular complexity index is 966. The second-order valence-electron chi connectivity index (χ2n) is 8.68. The average molecular weight is 391 g/mol. The zero-order valence-corrected chi connectivity index (χ0v) is 18.3. The van der Waals surface area contributed by atoms with Gasteiger partial charge in [-0.1, -0.05) is 18.2 Å². The summed E-state index contributed by atoms with van der Waals surface area (Å²) in [5.41, 5.74) is 6.40. The zero-order chi connectivity index (χ0) is 20.4. The van der Waals surface area contributed by atoms with Crippen molar-refractivity contribution in [2.45, 2.75) is 65.6 Å². The summed E-state index contributed by atoms with van der Waals surface area (Å²) in [5, 5.41) is 3.71. The normalized spacial score (nSPS) is 16.0. The van der Waals surface area contributed by atoms with Crippen molar-refractivity contribution >= 4 is 16.7 Å². The number of rotatable bonds is 6. The monoisotopic (exact) mass is 390 g/mol. The van der Waals surface area contributed by atoms with E-state index < -0.39 is 0 Å². The van der Waals surface area contributed by atoms with E-state index in [9.17, 15) is 0 Å². The maximum absolute atomic E-state index is 4.94. The lowest BCUT2D eigenvalue weighted by atomic mass is 10.0. The van der Waals surface area contributed by atoms with Crippen LogP contribution in [0, 0.1) is 6.92 Å². The van der Waals surface area contributed by atoms with Gasteiger partial charge in [0.05, 0.1) is 17.1 Å². The van der Waals surface area contributed by atoms with Gasteiger partial charge in [0, 0.05) is 31.4 Å². The summed E-state index contributed by atoms with van der Waals surface area (Å²) in [7, 11) is 0. The van der Waals surface area contributed by atoms with Crippen LogP contribution in [0.2, 0.25) is 0 Å². The van der Waals surface area contributed by atoms with E-state index in [1.165, 1.54) is 54.7 Å². The van der Waals surface area contributed by atoms with Gasteiger partial charge in [0.15, 0.2) is 0 Å². The molecule has 0 spiro atoms. The van der Waals surface area contributed by atoms with Gasteiger partial charge >= 0.3 is 0 Å². The summed E-state index contributed by atoms with van der Waals surface area (Å²) in [6.07, 6.45) is 4.00. The predicted molar refractivity (Wildman–Crippen MR) is 123 cm³/mol. The number of aryl methyl sites for hydroxylation is 1. The summed E-state index contributed by atoms with van der Waals surface area (Å²) < 4.78 is 2.36. The van der Waals surface area contributed by atoms with Crippen molar-refractivity contribution in [2.24, 2.45) is 0 Å². The second-order valence-corrected chi connectivity index (χ2v) is 8.68. The van der Waals surface area contributed by atoms with Gasteiger partial charge in [-0.25, -0.2) is 4.98 Å². The first kappa shape index (κ1) is 20.0. The first-order valence-electron chi connectivity index (χ1n) is 11.1. The summed E-state index contributed by atoms with van der Waals surface area (Å²) in [6, 6.07) is 15.9. The lowest BCUT2D eigenvalue weighted by Gasteiger charge is -2.29. The van der Waals surface area contributed by atoms with Crippen LogP contribution >= 0.6 is 0 Å². The lowest BCUT2D eigenvalue weighted by molar-refractivity contribution is 0.491. The molecule has 1 saturated heterocycles. The molecule has 2 heterocycles. The van der Waals surface area contributed by atoms with E-state index in [0.717, 1.165) is 17.9 Å². The topological polar surface area (TPSA) is 33.1 Å². The molecule has 1 fully saturated rings. The highest BCUT2D eigenvalue weighted by Gasteiger charge is 2.18. The first-order chi connectivity index (χ1) is 14.0. The smallest absolute Gasteiger partial charge is 0.127 e. The fourth-order valence-electron chi connectivity index (χ4n) is 4.49. The predicted octanol–water partition coefficient (Wildman–Crippen LogP) is 5.77. The van der Waals surface area contributed by atoms with Crippen molar-refractivity contribution in [3.8, 4) is 0 Å². The number of anilines is 1. The van der Waals surface area contributed by atoms with Crippen molar-refractivity contribution < 1.29 is 0 Å². The van der Waals surface area contributed by atoms with E-state index in [-0.39, 0.29) is 6.04 Å². The van der Waals surface area contributed by atoms with Gasteiger partial charge in [-0.05, 0) is 82.3 Å². The molecule has 4 nitrogen and oxygen atoms in total. The molecule has 1 aliphatic rings. The largest absolute Gasteiger partial charge is 0.372 e. The molecule has 154 valence electrons. The van der Waals surface area contributed by atoms with Crippen LogP contribution in [0.4, 0.5) is 5.69 Å². The SMILES string of the molecule is Cc1cc(N2CCCCC2)ccc1CN[C@H](C)c1nc2ccccc2n1C(C)C. The molecule has 1 aromatic heterocycles. The van der Waals surface area contributed by atoms with Crippen LogP contribution in [0.1, 0.15) is 69.1 Å². The fraction of sp³-hybridized carbons (Fsp3) is 0.480. The Morgan fingerprint density at radius 3 is 2.48 bits per heavy atom. The van der Waals surface area contributed by atoms with Crippen molar-refractivity contribution in [3.63, 3.8) is 0 Å². The molecule has 2 aromatic carbocycles. The Labute approximate surface area is 174 Å². The number of benzene rings is 2. The maximum Gasteiger partial charge on any atom is 0.127 e. The molecule has 3 aromatic rings. The molecule has 29 heavy (non-hydrogen) atoms. The van der Waals surface area contributed by atoms with E-state index in [1.54, 1.807) is 0 Å². The molecule has 0 bridgehead atoms. The highest BCUT2D eigenvalue weighted by atomic mass is 15.1. The molecule has 0 saturated carbocycles. The molecule has 4 heteroatoms. The van der Waals surface area contributed by atoms with E-state index >= 15 is 0 Å². The van der Waals surface area contributed by atoms with Crippen molar-refractivity contribution in [2.75, 3.05) is 18.0 Å². The molecular weight excluding hydrogens is 356 g/mol. The van der Waals surface area contributed by atoms with Gasteiger partial charge in [0.1, 0.15) is 5.82 Å². The summed E-state index contributed by atoms with van der Waals surface area (Å²) in [4.78, 5) is 7.47.